The number of nitrogens with one attached hydrogen (secondary N) is 1. The van der Waals surface area contributed by atoms with Crippen LogP contribution in [0.1, 0.15) is 27.2 Å². The highest BCUT2D eigenvalue weighted by molar-refractivity contribution is 9.09. The number of benzene rings is 1. The van der Waals surface area contributed by atoms with Crippen LogP contribution in [0.3, 0.4) is 0 Å². The summed E-state index contributed by atoms with van der Waals surface area (Å²) >= 11 is 3.39. The van der Waals surface area contributed by atoms with Crippen LogP contribution in [0, 0.1) is 5.92 Å². The van der Waals surface area contributed by atoms with Crippen LogP contribution in [0.2, 0.25) is 0 Å². The molecule has 2 atom stereocenters. The van der Waals surface area contributed by atoms with Crippen molar-refractivity contribution in [3.05, 3.63) is 30.3 Å². The maximum atomic E-state index is 12.1. The topological polar surface area (TPSA) is 55.4 Å². The van der Waals surface area contributed by atoms with E-state index < -0.39 is 16.3 Å². The smallest absolute Gasteiger partial charge is 0.242 e. The zero-order valence-electron chi connectivity index (χ0n) is 11.3. The Balaban J connectivity index is 2.76. The highest BCUT2D eigenvalue weighted by Gasteiger charge is 2.22. The van der Waals surface area contributed by atoms with Crippen LogP contribution in [0.4, 0.5) is 0 Å². The molecule has 0 radical (unpaired) electrons. The maximum absolute atomic E-state index is 12.1. The Morgan fingerprint density at radius 3 is 2.32 bits per heavy atom. The lowest BCUT2D eigenvalue weighted by Gasteiger charge is -2.23. The molecule has 1 aromatic carbocycles. The van der Waals surface area contributed by atoms with Gasteiger partial charge in [0.15, 0.2) is 0 Å². The summed E-state index contributed by atoms with van der Waals surface area (Å²) in [6, 6.07) is 8.28. The van der Waals surface area contributed by atoms with E-state index in [9.17, 15) is 8.42 Å². The van der Waals surface area contributed by atoms with E-state index in [0.717, 1.165) is 0 Å². The number of ether oxygens (including phenoxy) is 1. The minimum atomic E-state index is -3.54. The van der Waals surface area contributed by atoms with Crippen LogP contribution in [0.25, 0.3) is 0 Å². The van der Waals surface area contributed by atoms with E-state index in [1.54, 1.807) is 30.3 Å². The van der Waals surface area contributed by atoms with E-state index in [2.05, 4.69) is 20.7 Å². The van der Waals surface area contributed by atoms with Crippen molar-refractivity contribution in [2.75, 3.05) is 0 Å². The lowest BCUT2D eigenvalue weighted by atomic mass is 10.2. The van der Waals surface area contributed by atoms with Crippen molar-refractivity contribution < 1.29 is 13.2 Å². The molecule has 1 N–H and O–H groups in total. The number of hydrogen-bond donors (Lipinski definition) is 1. The van der Waals surface area contributed by atoms with Crippen molar-refractivity contribution in [1.82, 2.24) is 4.72 Å². The zero-order valence-corrected chi connectivity index (χ0v) is 13.7. The Kier molecular flexibility index (Phi) is 6.46. The number of rotatable bonds is 7. The summed E-state index contributed by atoms with van der Waals surface area (Å²) in [4.78, 5) is 0.243. The van der Waals surface area contributed by atoms with Gasteiger partial charge in [-0.1, -0.05) is 54.9 Å². The van der Waals surface area contributed by atoms with Gasteiger partial charge in [-0.3, -0.25) is 0 Å². The maximum Gasteiger partial charge on any atom is 0.242 e. The molecule has 0 aromatic heterocycles. The van der Waals surface area contributed by atoms with Crippen LogP contribution >= 0.6 is 15.9 Å². The van der Waals surface area contributed by atoms with Gasteiger partial charge in [0.2, 0.25) is 10.0 Å². The molecule has 2 unspecified atom stereocenters. The molecule has 0 fully saturated rings. The second-order valence-electron chi connectivity index (χ2n) is 4.56. The molecule has 1 rings (SSSR count). The van der Waals surface area contributed by atoms with Gasteiger partial charge in [-0.15, -0.1) is 0 Å². The highest BCUT2D eigenvalue weighted by Crippen LogP contribution is 2.17. The first kappa shape index (κ1) is 16.6. The Labute approximate surface area is 123 Å². The summed E-state index contributed by atoms with van der Waals surface area (Å²) in [5, 5.41) is -0.184. The second-order valence-corrected chi connectivity index (χ2v) is 7.18. The predicted octanol–water partition coefficient (Wildman–Crippen LogP) is 3.09. The predicted molar refractivity (Wildman–Crippen MR) is 79.5 cm³/mol. The van der Waals surface area contributed by atoms with Crippen molar-refractivity contribution in [3.63, 3.8) is 0 Å². The molecule has 0 saturated heterocycles. The third-order valence-corrected chi connectivity index (χ3v) is 5.27. The number of sulfonamides is 1. The molecule has 0 heterocycles. The lowest BCUT2D eigenvalue weighted by molar-refractivity contribution is 0.00988. The molecule has 108 valence electrons. The van der Waals surface area contributed by atoms with E-state index >= 15 is 0 Å². The first-order chi connectivity index (χ1) is 8.86. The van der Waals surface area contributed by atoms with Crippen LogP contribution in [-0.2, 0) is 14.8 Å². The van der Waals surface area contributed by atoms with Crippen molar-refractivity contribution in [2.45, 2.75) is 43.3 Å². The molecule has 19 heavy (non-hydrogen) atoms. The van der Waals surface area contributed by atoms with Crippen LogP contribution in [0.15, 0.2) is 35.2 Å². The van der Waals surface area contributed by atoms with Crippen molar-refractivity contribution in [1.29, 1.82) is 0 Å². The molecule has 0 aliphatic carbocycles. The van der Waals surface area contributed by atoms with Gasteiger partial charge in [-0.25, -0.2) is 8.42 Å². The molecule has 0 amide bonds. The van der Waals surface area contributed by atoms with Gasteiger partial charge in [0.05, 0.1) is 4.90 Å². The minimum absolute atomic E-state index is 0.184. The second kappa shape index (κ2) is 7.38. The van der Waals surface area contributed by atoms with Gasteiger partial charge in [0, 0.05) is 0 Å². The highest BCUT2D eigenvalue weighted by atomic mass is 79.9. The molecule has 0 spiro atoms. The first-order valence-electron chi connectivity index (χ1n) is 6.23. The summed E-state index contributed by atoms with van der Waals surface area (Å²) in [7, 11) is -3.54. The molecule has 0 bridgehead atoms. The minimum Gasteiger partial charge on any atom is -0.348 e. The number of alkyl halides is 1. The largest absolute Gasteiger partial charge is 0.348 e. The molecule has 0 aliphatic rings. The van der Waals surface area contributed by atoms with Gasteiger partial charge in [0.1, 0.15) is 11.2 Å². The molecular weight excluding hydrogens is 330 g/mol. The fourth-order valence-electron chi connectivity index (χ4n) is 1.36. The SMILES string of the molecule is CCC(NS(=O)(=O)c1ccccc1)OC(Br)C(C)C. The van der Waals surface area contributed by atoms with E-state index in [1.807, 2.05) is 20.8 Å². The van der Waals surface area contributed by atoms with Gasteiger partial charge >= 0.3 is 0 Å². The monoisotopic (exact) mass is 349 g/mol. The lowest BCUT2D eigenvalue weighted by Crippen LogP contribution is -2.38. The molecule has 1 aromatic rings. The average molecular weight is 350 g/mol. The van der Waals surface area contributed by atoms with E-state index in [1.165, 1.54) is 0 Å². The van der Waals surface area contributed by atoms with Crippen LogP contribution in [-0.4, -0.2) is 19.7 Å². The summed E-state index contributed by atoms with van der Waals surface area (Å²) in [6.07, 6.45) is 0.0120. The Hall–Kier alpha value is -0.430. The summed E-state index contributed by atoms with van der Waals surface area (Å²) < 4.78 is 32.5. The Morgan fingerprint density at radius 1 is 1.26 bits per heavy atom. The van der Waals surface area contributed by atoms with Crippen LogP contribution in [0.5, 0.6) is 0 Å². The summed E-state index contributed by atoms with van der Waals surface area (Å²) in [6.45, 7) is 5.87. The average Bonchev–Trinajstić information content (AvgIpc) is 2.38. The molecule has 4 nitrogen and oxygen atoms in total. The third-order valence-electron chi connectivity index (χ3n) is 2.53. The summed E-state index contributed by atoms with van der Waals surface area (Å²) in [5.74, 6) is 0.260. The van der Waals surface area contributed by atoms with Crippen molar-refractivity contribution in [3.8, 4) is 0 Å². The number of halogens is 1. The van der Waals surface area contributed by atoms with Gasteiger partial charge < -0.3 is 4.74 Å². The van der Waals surface area contributed by atoms with Gasteiger partial charge in [-0.05, 0) is 24.5 Å². The standard InChI is InChI=1S/C13H20BrNO3S/c1-4-12(18-13(14)10(2)3)15-19(16,17)11-8-6-5-7-9-11/h5-10,12-13,15H,4H2,1-3H3. The van der Waals surface area contributed by atoms with E-state index in [0.29, 0.717) is 6.42 Å². The van der Waals surface area contributed by atoms with E-state index in [4.69, 9.17) is 4.74 Å². The third kappa shape index (κ3) is 5.22. The van der Waals surface area contributed by atoms with Gasteiger partial charge in [-0.2, -0.15) is 4.72 Å². The molecular formula is C13H20BrNO3S. The molecule has 0 aliphatic heterocycles. The Morgan fingerprint density at radius 2 is 1.84 bits per heavy atom. The molecule has 6 heteroatoms. The fraction of sp³-hybridized carbons (Fsp3) is 0.538. The fourth-order valence-corrected chi connectivity index (χ4v) is 2.84. The van der Waals surface area contributed by atoms with Gasteiger partial charge in [0.25, 0.3) is 0 Å². The van der Waals surface area contributed by atoms with Crippen molar-refractivity contribution in [2.24, 2.45) is 5.92 Å². The molecule has 0 saturated carbocycles. The van der Waals surface area contributed by atoms with Crippen molar-refractivity contribution >= 4 is 26.0 Å². The zero-order chi connectivity index (χ0) is 14.5. The van der Waals surface area contributed by atoms with Crippen LogP contribution < -0.4 is 4.72 Å². The quantitative estimate of drug-likeness (QED) is 0.607. The normalized spacial score (nSPS) is 15.4. The Bertz CT molecular complexity index is 476. The first-order valence-corrected chi connectivity index (χ1v) is 8.63. The summed E-state index contributed by atoms with van der Waals surface area (Å²) in [5.41, 5.74) is 0. The van der Waals surface area contributed by atoms with E-state index in [-0.39, 0.29) is 15.8 Å². The number of hydrogen-bond acceptors (Lipinski definition) is 3.